The Bertz CT molecular complexity index is 1210. The minimum Gasteiger partial charge on any atom is -0.481 e. The first-order chi connectivity index (χ1) is 14.6. The predicted octanol–water partition coefficient (Wildman–Crippen LogP) is 4.99. The third-order valence-electron chi connectivity index (χ3n) is 6.06. The summed E-state index contributed by atoms with van der Waals surface area (Å²) >= 11 is 0. The van der Waals surface area contributed by atoms with E-state index in [1.165, 1.54) is 27.3 Å². The number of benzene rings is 3. The number of nitrogens with one attached hydrogen (secondary N) is 1. The first kappa shape index (κ1) is 18.8. The van der Waals surface area contributed by atoms with Gasteiger partial charge in [-0.15, -0.1) is 0 Å². The van der Waals surface area contributed by atoms with E-state index < -0.39 is 7.94 Å². The van der Waals surface area contributed by atoms with Crippen molar-refractivity contribution in [2.75, 3.05) is 17.1 Å². The molecule has 1 N–H and O–H groups in total. The number of hydrogen-bond donors (Lipinski definition) is 1. The molecule has 0 fully saturated rings. The zero-order valence-electron chi connectivity index (χ0n) is 17.5. The number of nitrogens with zero attached hydrogens (tertiary/aromatic N) is 2. The van der Waals surface area contributed by atoms with Gasteiger partial charge in [0.15, 0.2) is 0 Å². The molecule has 1 aliphatic rings. The molecule has 0 spiro atoms. The monoisotopic (exact) mass is 409 g/mol. The molecule has 3 aromatic carbocycles. The van der Waals surface area contributed by atoms with Gasteiger partial charge < -0.3 is 14.8 Å². The van der Waals surface area contributed by atoms with Gasteiger partial charge in [0.25, 0.3) is 0 Å². The van der Waals surface area contributed by atoms with E-state index in [0.717, 1.165) is 5.82 Å². The smallest absolute Gasteiger partial charge is 0.364 e. The van der Waals surface area contributed by atoms with Gasteiger partial charge in [-0.25, -0.2) is 0 Å². The summed E-state index contributed by atoms with van der Waals surface area (Å²) in [5.74, 6) is 1.52. The van der Waals surface area contributed by atoms with Gasteiger partial charge in [0.1, 0.15) is 13.8 Å². The topological polar surface area (TPSA) is 37.4 Å². The van der Waals surface area contributed by atoms with Crippen LogP contribution in [0.1, 0.15) is 0 Å². The van der Waals surface area contributed by atoms with Crippen LogP contribution in [0.3, 0.4) is 0 Å². The number of ether oxygens (including phenoxy) is 1. The second-order valence-corrected chi connectivity index (χ2v) is 12.8. The van der Waals surface area contributed by atoms with Gasteiger partial charge in [0.05, 0.1) is 7.11 Å². The highest BCUT2D eigenvalue weighted by Gasteiger charge is 2.47. The van der Waals surface area contributed by atoms with E-state index >= 15 is 0 Å². The summed E-state index contributed by atoms with van der Waals surface area (Å²) < 4.78 is 5.45. The van der Waals surface area contributed by atoms with Gasteiger partial charge in [0.2, 0.25) is 5.88 Å². The van der Waals surface area contributed by atoms with E-state index in [2.05, 4.69) is 95.9 Å². The second-order valence-electron chi connectivity index (χ2n) is 8.22. The Morgan fingerprint density at radius 3 is 2.37 bits per heavy atom. The lowest BCUT2D eigenvalue weighted by molar-refractivity contribution is 0.398. The lowest BCUT2D eigenvalue weighted by Crippen LogP contribution is -2.68. The van der Waals surface area contributed by atoms with E-state index in [9.17, 15) is 0 Å². The SMILES string of the molecule is COc1cccc(N2B([Si](C)(C)c3ccccc3)Nc3cccc4cccc2c34)n1. The highest BCUT2D eigenvalue weighted by molar-refractivity contribution is 7.40. The molecule has 0 amide bonds. The third-order valence-corrected chi connectivity index (χ3v) is 9.65. The van der Waals surface area contributed by atoms with Crippen molar-refractivity contribution >= 4 is 47.7 Å². The highest BCUT2D eigenvalue weighted by Crippen LogP contribution is 2.42. The van der Waals surface area contributed by atoms with Crippen molar-refractivity contribution in [2.45, 2.75) is 13.1 Å². The Balaban J connectivity index is 1.75. The van der Waals surface area contributed by atoms with Gasteiger partial charge in [-0.05, 0) is 23.6 Å². The molecule has 6 heteroatoms. The van der Waals surface area contributed by atoms with Crippen molar-refractivity contribution < 1.29 is 4.74 Å². The Kier molecular flexibility index (Phi) is 4.51. The van der Waals surface area contributed by atoms with Crippen LogP contribution in [0.4, 0.5) is 17.2 Å². The van der Waals surface area contributed by atoms with Gasteiger partial charge in [-0.1, -0.05) is 78.9 Å². The maximum absolute atomic E-state index is 5.45. The third kappa shape index (κ3) is 2.95. The van der Waals surface area contributed by atoms with Crippen LogP contribution in [0, 0.1) is 0 Å². The van der Waals surface area contributed by atoms with Crippen LogP contribution in [0.5, 0.6) is 5.88 Å². The van der Waals surface area contributed by atoms with Crippen LogP contribution >= 0.6 is 0 Å². The second kappa shape index (κ2) is 7.22. The molecule has 4 aromatic rings. The van der Waals surface area contributed by atoms with Crippen LogP contribution in [-0.2, 0) is 0 Å². The van der Waals surface area contributed by atoms with E-state index in [1.807, 2.05) is 12.1 Å². The lowest BCUT2D eigenvalue weighted by Gasteiger charge is -2.43. The molecule has 1 aromatic heterocycles. The Morgan fingerprint density at radius 2 is 1.60 bits per heavy atom. The van der Waals surface area contributed by atoms with Gasteiger partial charge in [-0.2, -0.15) is 4.98 Å². The van der Waals surface area contributed by atoms with E-state index in [-0.39, 0.29) is 6.57 Å². The summed E-state index contributed by atoms with van der Waals surface area (Å²) in [6.07, 6.45) is 0. The fourth-order valence-electron chi connectivity index (χ4n) is 4.43. The molecule has 0 saturated carbocycles. The van der Waals surface area contributed by atoms with Crippen molar-refractivity contribution in [1.82, 2.24) is 4.98 Å². The summed E-state index contributed by atoms with van der Waals surface area (Å²) in [5.41, 5.74) is 2.37. The standard InChI is InChI=1S/C24H24BN3OSi/c1-29-23-17-9-16-22(26-23)28-21-15-8-11-18-10-7-14-20(24(18)21)27-25(28)30(2,3)19-12-5-4-6-13-19/h4-17,27H,1-3H3. The van der Waals surface area contributed by atoms with Crippen molar-refractivity contribution in [2.24, 2.45) is 0 Å². The van der Waals surface area contributed by atoms with E-state index in [1.54, 1.807) is 7.11 Å². The van der Waals surface area contributed by atoms with Crippen LogP contribution in [-0.4, -0.2) is 26.6 Å². The molecule has 5 rings (SSSR count). The van der Waals surface area contributed by atoms with Crippen molar-refractivity contribution in [3.63, 3.8) is 0 Å². The molecule has 0 unspecified atom stereocenters. The van der Waals surface area contributed by atoms with Crippen molar-refractivity contribution in [1.29, 1.82) is 0 Å². The minimum absolute atomic E-state index is 0.0972. The summed E-state index contributed by atoms with van der Waals surface area (Å²) in [6, 6.07) is 29.8. The molecule has 2 heterocycles. The largest absolute Gasteiger partial charge is 0.481 e. The number of rotatable bonds is 4. The Hall–Kier alpha value is -3.25. The van der Waals surface area contributed by atoms with Crippen LogP contribution < -0.4 is 20.0 Å². The fourth-order valence-corrected chi connectivity index (χ4v) is 7.23. The summed E-state index contributed by atoms with van der Waals surface area (Å²) in [6.45, 7) is 4.93. The number of hydrogen-bond acceptors (Lipinski definition) is 4. The Labute approximate surface area is 178 Å². The molecule has 0 bridgehead atoms. The zero-order valence-corrected chi connectivity index (χ0v) is 18.5. The van der Waals surface area contributed by atoms with Crippen LogP contribution in [0.25, 0.3) is 10.8 Å². The van der Waals surface area contributed by atoms with Crippen molar-refractivity contribution in [3.8, 4) is 5.88 Å². The summed E-state index contributed by atoms with van der Waals surface area (Å²) in [5, 5.41) is 7.76. The maximum atomic E-state index is 5.45. The molecule has 1 aliphatic heterocycles. The highest BCUT2D eigenvalue weighted by atomic mass is 28.3. The zero-order chi connectivity index (χ0) is 20.7. The molecular weight excluding hydrogens is 385 g/mol. The average Bonchev–Trinajstić information content (AvgIpc) is 2.80. The number of anilines is 3. The molecule has 0 radical (unpaired) electrons. The van der Waals surface area contributed by atoms with E-state index in [0.29, 0.717) is 5.88 Å². The first-order valence-electron chi connectivity index (χ1n) is 10.2. The van der Waals surface area contributed by atoms with Gasteiger partial charge in [0, 0.05) is 22.8 Å². The molecule has 30 heavy (non-hydrogen) atoms. The lowest BCUT2D eigenvalue weighted by atomic mass is 9.92. The summed E-state index contributed by atoms with van der Waals surface area (Å²) in [7, 11) is -0.339. The quantitative estimate of drug-likeness (QED) is 0.482. The maximum Gasteiger partial charge on any atom is 0.364 e. The minimum atomic E-state index is -2.00. The molecule has 4 nitrogen and oxygen atoms in total. The average molecular weight is 409 g/mol. The molecule has 0 saturated heterocycles. The van der Waals surface area contributed by atoms with Gasteiger partial charge >= 0.3 is 6.57 Å². The van der Waals surface area contributed by atoms with Crippen LogP contribution in [0.15, 0.2) is 84.9 Å². The summed E-state index contributed by atoms with van der Waals surface area (Å²) in [4.78, 5) is 7.19. The molecule has 0 aliphatic carbocycles. The first-order valence-corrected chi connectivity index (χ1v) is 13.3. The molecule has 0 atom stereocenters. The van der Waals surface area contributed by atoms with Crippen molar-refractivity contribution in [3.05, 3.63) is 84.9 Å². The number of pyridine rings is 1. The predicted molar refractivity (Wildman–Crippen MR) is 130 cm³/mol. The molecular formula is C24H24BN3OSi. The number of aromatic nitrogens is 1. The molecule has 148 valence electrons. The fraction of sp³-hybridized carbons (Fsp3) is 0.125. The van der Waals surface area contributed by atoms with E-state index in [4.69, 9.17) is 9.72 Å². The number of methoxy groups -OCH3 is 1. The normalized spacial score (nSPS) is 13.3. The van der Waals surface area contributed by atoms with Gasteiger partial charge in [-0.3, -0.25) is 0 Å². The Morgan fingerprint density at radius 1 is 0.867 bits per heavy atom. The van der Waals surface area contributed by atoms with Crippen LogP contribution in [0.2, 0.25) is 13.1 Å².